The minimum atomic E-state index is -0.540. The van der Waals surface area contributed by atoms with Gasteiger partial charge in [0.25, 0.3) is 0 Å². The van der Waals surface area contributed by atoms with Crippen molar-refractivity contribution in [3.63, 3.8) is 0 Å². The molecule has 0 saturated carbocycles. The quantitative estimate of drug-likeness (QED) is 0.786. The summed E-state index contributed by atoms with van der Waals surface area (Å²) in [5, 5.41) is 9.38. The Morgan fingerprint density at radius 1 is 1.47 bits per heavy atom. The predicted octanol–water partition coefficient (Wildman–Crippen LogP) is 1.78. The van der Waals surface area contributed by atoms with Crippen LogP contribution in [0.25, 0.3) is 0 Å². The average Bonchev–Trinajstić information content (AvgIpc) is 2.15. The van der Waals surface area contributed by atoms with Gasteiger partial charge in [0, 0.05) is 6.54 Å². The second kappa shape index (κ2) is 5.19. The van der Waals surface area contributed by atoms with Gasteiger partial charge in [0.1, 0.15) is 11.4 Å². The molecule has 0 saturated heterocycles. The topological polar surface area (TPSA) is 72.5 Å². The molecule has 0 heterocycles. The van der Waals surface area contributed by atoms with E-state index in [0.29, 0.717) is 5.56 Å². The van der Waals surface area contributed by atoms with Gasteiger partial charge in [0.2, 0.25) is 0 Å². The first-order valence-electron chi connectivity index (χ1n) is 5.55. The summed E-state index contributed by atoms with van der Waals surface area (Å²) in [7, 11) is 0. The third-order valence-corrected chi connectivity index (χ3v) is 2.20. The maximum absolute atomic E-state index is 11.9. The van der Waals surface area contributed by atoms with Crippen LogP contribution in [0.1, 0.15) is 32.3 Å². The van der Waals surface area contributed by atoms with Crippen molar-refractivity contribution in [1.82, 2.24) is 0 Å². The molecule has 94 valence electrons. The van der Waals surface area contributed by atoms with Gasteiger partial charge < -0.3 is 15.6 Å². The Labute approximate surface area is 101 Å². The zero-order valence-corrected chi connectivity index (χ0v) is 10.4. The molecule has 1 aromatic carbocycles. The van der Waals surface area contributed by atoms with Crippen molar-refractivity contribution in [2.45, 2.75) is 32.3 Å². The van der Waals surface area contributed by atoms with E-state index < -0.39 is 11.5 Å². The van der Waals surface area contributed by atoms with Crippen molar-refractivity contribution >= 4 is 5.97 Å². The van der Waals surface area contributed by atoms with Crippen molar-refractivity contribution in [1.29, 1.82) is 0 Å². The zero-order valence-electron chi connectivity index (χ0n) is 10.4. The third-order valence-electron chi connectivity index (χ3n) is 2.20. The lowest BCUT2D eigenvalue weighted by Crippen LogP contribution is -2.31. The molecule has 1 unspecified atom stereocenters. The summed E-state index contributed by atoms with van der Waals surface area (Å²) < 4.78 is 5.28. The fraction of sp³-hybridized carbons (Fsp3) is 0.462. The van der Waals surface area contributed by atoms with Crippen LogP contribution in [-0.2, 0) is 9.53 Å². The number of carbonyl (C=O) groups is 1. The minimum Gasteiger partial charge on any atom is -0.508 e. The molecule has 0 amide bonds. The summed E-state index contributed by atoms with van der Waals surface area (Å²) >= 11 is 0. The van der Waals surface area contributed by atoms with Crippen LogP contribution >= 0.6 is 0 Å². The number of hydrogen-bond donors (Lipinski definition) is 2. The van der Waals surface area contributed by atoms with Crippen molar-refractivity contribution < 1.29 is 14.6 Å². The first-order valence-corrected chi connectivity index (χ1v) is 5.55. The molecule has 0 aliphatic heterocycles. The second-order valence-corrected chi connectivity index (χ2v) is 4.92. The molecule has 0 aromatic heterocycles. The van der Waals surface area contributed by atoms with E-state index in [1.54, 1.807) is 39.0 Å². The smallest absolute Gasteiger partial charge is 0.315 e. The largest absolute Gasteiger partial charge is 0.508 e. The highest BCUT2D eigenvalue weighted by atomic mass is 16.6. The third kappa shape index (κ3) is 4.07. The average molecular weight is 237 g/mol. The summed E-state index contributed by atoms with van der Waals surface area (Å²) in [6, 6.07) is 6.51. The van der Waals surface area contributed by atoms with Gasteiger partial charge in [-0.15, -0.1) is 0 Å². The standard InChI is InChI=1S/C13H19NO3/c1-13(2,3)17-12(16)11(8-14)9-5-4-6-10(15)7-9/h4-7,11,15H,8,14H2,1-3H3. The van der Waals surface area contributed by atoms with Crippen molar-refractivity contribution in [2.75, 3.05) is 6.54 Å². The van der Waals surface area contributed by atoms with Gasteiger partial charge in [-0.3, -0.25) is 4.79 Å². The molecular weight excluding hydrogens is 218 g/mol. The lowest BCUT2D eigenvalue weighted by Gasteiger charge is -2.23. The van der Waals surface area contributed by atoms with Crippen LogP contribution in [0.5, 0.6) is 5.75 Å². The summed E-state index contributed by atoms with van der Waals surface area (Å²) in [6.45, 7) is 5.57. The number of nitrogens with two attached hydrogens (primary N) is 1. The van der Waals surface area contributed by atoms with Gasteiger partial charge in [-0.25, -0.2) is 0 Å². The molecule has 1 atom stereocenters. The Morgan fingerprint density at radius 2 is 2.12 bits per heavy atom. The van der Waals surface area contributed by atoms with E-state index in [9.17, 15) is 9.90 Å². The van der Waals surface area contributed by atoms with Crippen LogP contribution in [0.15, 0.2) is 24.3 Å². The fourth-order valence-electron chi connectivity index (χ4n) is 1.48. The van der Waals surface area contributed by atoms with E-state index in [1.807, 2.05) is 0 Å². The lowest BCUT2D eigenvalue weighted by molar-refractivity contribution is -0.156. The highest BCUT2D eigenvalue weighted by Gasteiger charge is 2.25. The predicted molar refractivity (Wildman–Crippen MR) is 65.7 cm³/mol. The SMILES string of the molecule is CC(C)(C)OC(=O)C(CN)c1cccc(O)c1. The number of phenols is 1. The van der Waals surface area contributed by atoms with Crippen LogP contribution < -0.4 is 5.73 Å². The number of aromatic hydroxyl groups is 1. The highest BCUT2D eigenvalue weighted by molar-refractivity contribution is 5.79. The van der Waals surface area contributed by atoms with Crippen LogP contribution in [0, 0.1) is 0 Å². The summed E-state index contributed by atoms with van der Waals surface area (Å²) in [5.74, 6) is -0.795. The fourth-order valence-corrected chi connectivity index (χ4v) is 1.48. The second-order valence-electron chi connectivity index (χ2n) is 4.92. The molecule has 4 nitrogen and oxygen atoms in total. The monoisotopic (exact) mass is 237 g/mol. The number of hydrogen-bond acceptors (Lipinski definition) is 4. The molecule has 0 aliphatic carbocycles. The summed E-state index contributed by atoms with van der Waals surface area (Å²) in [5.41, 5.74) is 5.72. The molecule has 0 radical (unpaired) electrons. The first kappa shape index (κ1) is 13.5. The number of ether oxygens (including phenoxy) is 1. The molecule has 1 rings (SSSR count). The van der Waals surface area contributed by atoms with Gasteiger partial charge in [-0.05, 0) is 38.5 Å². The Kier molecular flexibility index (Phi) is 4.12. The molecule has 3 N–H and O–H groups in total. The van der Waals surface area contributed by atoms with E-state index >= 15 is 0 Å². The number of rotatable bonds is 3. The van der Waals surface area contributed by atoms with E-state index in [4.69, 9.17) is 10.5 Å². The molecule has 17 heavy (non-hydrogen) atoms. The van der Waals surface area contributed by atoms with Gasteiger partial charge in [0.15, 0.2) is 0 Å². The van der Waals surface area contributed by atoms with E-state index in [1.165, 1.54) is 6.07 Å². The molecule has 0 bridgehead atoms. The van der Waals surface area contributed by atoms with Gasteiger partial charge >= 0.3 is 5.97 Å². The van der Waals surface area contributed by atoms with Crippen molar-refractivity contribution in [3.05, 3.63) is 29.8 Å². The highest BCUT2D eigenvalue weighted by Crippen LogP contribution is 2.22. The maximum Gasteiger partial charge on any atom is 0.315 e. The normalized spacial score (nSPS) is 13.2. The van der Waals surface area contributed by atoms with E-state index in [2.05, 4.69) is 0 Å². The Balaban J connectivity index is 2.88. The zero-order chi connectivity index (χ0) is 13.1. The van der Waals surface area contributed by atoms with Crippen LogP contribution in [0.2, 0.25) is 0 Å². The first-order chi connectivity index (χ1) is 7.83. The van der Waals surface area contributed by atoms with Crippen molar-refractivity contribution in [2.24, 2.45) is 5.73 Å². The van der Waals surface area contributed by atoms with Crippen LogP contribution in [0.3, 0.4) is 0 Å². The molecule has 0 aliphatic rings. The molecule has 4 heteroatoms. The van der Waals surface area contributed by atoms with Crippen LogP contribution in [-0.4, -0.2) is 23.2 Å². The Bertz CT molecular complexity index is 396. The minimum absolute atomic E-state index is 0.115. The molecular formula is C13H19NO3. The van der Waals surface area contributed by atoms with Crippen molar-refractivity contribution in [3.8, 4) is 5.75 Å². The summed E-state index contributed by atoms with van der Waals surface area (Å²) in [4.78, 5) is 11.9. The van der Waals surface area contributed by atoms with Gasteiger partial charge in [0.05, 0.1) is 5.92 Å². The Morgan fingerprint density at radius 3 is 2.59 bits per heavy atom. The summed E-state index contributed by atoms with van der Waals surface area (Å²) in [6.07, 6.45) is 0. The van der Waals surface area contributed by atoms with E-state index in [0.717, 1.165) is 0 Å². The number of carbonyl (C=O) groups excluding carboxylic acids is 1. The van der Waals surface area contributed by atoms with Gasteiger partial charge in [-0.2, -0.15) is 0 Å². The Hall–Kier alpha value is -1.55. The van der Waals surface area contributed by atoms with E-state index in [-0.39, 0.29) is 18.3 Å². The van der Waals surface area contributed by atoms with Crippen LogP contribution in [0.4, 0.5) is 0 Å². The molecule has 0 spiro atoms. The molecule has 0 fully saturated rings. The molecule has 1 aromatic rings. The van der Waals surface area contributed by atoms with Gasteiger partial charge in [-0.1, -0.05) is 12.1 Å². The number of esters is 1. The maximum atomic E-state index is 11.9. The number of benzene rings is 1. The lowest BCUT2D eigenvalue weighted by atomic mass is 9.99. The number of phenolic OH excluding ortho intramolecular Hbond substituents is 1.